The number of nitrogens with zero attached hydrogens (tertiary/aromatic N) is 3. The third-order valence-corrected chi connectivity index (χ3v) is 9.23. The van der Waals surface area contributed by atoms with Crippen LogP contribution in [-0.4, -0.2) is 16.7 Å². The highest BCUT2D eigenvalue weighted by molar-refractivity contribution is 6.22. The average molecular weight is 619 g/mol. The number of hydrogen-bond acceptors (Lipinski definition) is 6. The van der Waals surface area contributed by atoms with Crippen molar-refractivity contribution in [1.82, 2.24) is 10.3 Å². The Bertz CT molecular complexity index is 2770. The van der Waals surface area contributed by atoms with Crippen LogP contribution in [0.25, 0.3) is 65.8 Å². The Morgan fingerprint density at radius 1 is 0.542 bits per heavy atom. The van der Waals surface area contributed by atoms with Crippen molar-refractivity contribution >= 4 is 66.3 Å². The number of hydrogen-bond donors (Lipinski definition) is 1. The molecular weight excluding hydrogens is 592 g/mol. The van der Waals surface area contributed by atoms with Crippen molar-refractivity contribution in [1.29, 1.82) is 0 Å². The molecule has 1 aliphatic heterocycles. The number of furan rings is 2. The number of nitrogens with one attached hydrogen (secondary N) is 1. The number of para-hydroxylation sites is 2. The molecule has 0 saturated carbocycles. The minimum atomic E-state index is -0.431. The van der Waals surface area contributed by atoms with Crippen LogP contribution in [-0.2, 0) is 0 Å². The average Bonchev–Trinajstić information content (AvgIpc) is 3.73. The van der Waals surface area contributed by atoms with Crippen LogP contribution >= 0.6 is 0 Å². The van der Waals surface area contributed by atoms with E-state index in [0.29, 0.717) is 17.3 Å². The van der Waals surface area contributed by atoms with Crippen LogP contribution in [0.4, 0.5) is 0 Å². The van der Waals surface area contributed by atoms with Gasteiger partial charge in [0.15, 0.2) is 11.4 Å². The molecule has 10 rings (SSSR count). The first-order valence-electron chi connectivity index (χ1n) is 16.0. The Labute approximate surface area is 274 Å². The van der Waals surface area contributed by atoms with Crippen molar-refractivity contribution < 1.29 is 8.83 Å². The van der Waals surface area contributed by atoms with Crippen LogP contribution < -0.4 is 5.32 Å². The minimum Gasteiger partial charge on any atom is -0.456 e. The van der Waals surface area contributed by atoms with Crippen LogP contribution in [0.3, 0.4) is 0 Å². The van der Waals surface area contributed by atoms with Gasteiger partial charge in [-0.25, -0.2) is 9.98 Å². The van der Waals surface area contributed by atoms with Crippen LogP contribution in [0.5, 0.6) is 0 Å². The van der Waals surface area contributed by atoms with Gasteiger partial charge in [-0.05, 0) is 34.5 Å². The van der Waals surface area contributed by atoms with Gasteiger partial charge in [0, 0.05) is 50.0 Å². The summed E-state index contributed by atoms with van der Waals surface area (Å²) in [4.78, 5) is 14.9. The molecule has 9 aromatic rings. The molecule has 1 atom stereocenters. The fourth-order valence-electron chi connectivity index (χ4n) is 7.01. The van der Waals surface area contributed by atoms with E-state index in [-0.39, 0.29) is 0 Å². The van der Waals surface area contributed by atoms with Gasteiger partial charge in [-0.1, -0.05) is 115 Å². The molecule has 0 aliphatic carbocycles. The lowest BCUT2D eigenvalue weighted by Crippen LogP contribution is -2.33. The largest absolute Gasteiger partial charge is 0.456 e. The van der Waals surface area contributed by atoms with Gasteiger partial charge in [-0.2, -0.15) is 0 Å². The maximum atomic E-state index is 6.61. The summed E-state index contributed by atoms with van der Waals surface area (Å²) < 4.78 is 12.9. The highest BCUT2D eigenvalue weighted by Crippen LogP contribution is 2.39. The molecule has 1 aliphatic rings. The van der Waals surface area contributed by atoms with E-state index in [0.717, 1.165) is 66.1 Å². The van der Waals surface area contributed by atoms with Crippen LogP contribution in [0, 0.1) is 0 Å². The highest BCUT2D eigenvalue weighted by Gasteiger charge is 2.27. The summed E-state index contributed by atoms with van der Waals surface area (Å²) in [6.45, 7) is 0. The summed E-state index contributed by atoms with van der Waals surface area (Å²) in [5.41, 5.74) is 8.09. The standard InChI is InChI=1S/C42H26N4O2/c1-2-11-26(12-3-1)40-44-41(32-17-9-19-35-37(32)30-14-6-7-18-34(30)47-35)46-42(45-40)33-23-43-24-36-38(33)31-16-8-15-29(39(31)48-36)28-21-20-25-10-4-5-13-27(25)22-28/h1-24,41H,(H,44,45,46). The zero-order chi connectivity index (χ0) is 31.6. The van der Waals surface area contributed by atoms with Crippen LogP contribution in [0.1, 0.15) is 22.9 Å². The van der Waals surface area contributed by atoms with E-state index in [9.17, 15) is 0 Å². The van der Waals surface area contributed by atoms with Gasteiger partial charge in [-0.3, -0.25) is 4.98 Å². The Kier molecular flexibility index (Phi) is 5.84. The van der Waals surface area contributed by atoms with Gasteiger partial charge in [0.1, 0.15) is 28.8 Å². The second-order valence-electron chi connectivity index (χ2n) is 12.1. The first-order valence-corrected chi connectivity index (χ1v) is 16.0. The predicted octanol–water partition coefficient (Wildman–Crippen LogP) is 10.2. The van der Waals surface area contributed by atoms with E-state index < -0.39 is 6.17 Å². The Morgan fingerprint density at radius 2 is 1.33 bits per heavy atom. The molecule has 3 aromatic heterocycles. The molecule has 48 heavy (non-hydrogen) atoms. The molecule has 0 saturated heterocycles. The van der Waals surface area contributed by atoms with E-state index >= 15 is 0 Å². The third-order valence-electron chi connectivity index (χ3n) is 9.23. The zero-order valence-corrected chi connectivity index (χ0v) is 25.6. The molecule has 6 aromatic carbocycles. The molecule has 226 valence electrons. The van der Waals surface area contributed by atoms with Gasteiger partial charge in [0.05, 0.1) is 6.20 Å². The number of aromatic nitrogens is 1. The first-order chi connectivity index (χ1) is 23.8. The molecule has 1 unspecified atom stereocenters. The topological polar surface area (TPSA) is 75.9 Å². The lowest BCUT2D eigenvalue weighted by Gasteiger charge is -2.24. The van der Waals surface area contributed by atoms with Crippen molar-refractivity contribution in [2.24, 2.45) is 9.98 Å². The molecule has 4 heterocycles. The van der Waals surface area contributed by atoms with E-state index in [1.54, 1.807) is 6.20 Å². The van der Waals surface area contributed by atoms with Gasteiger partial charge >= 0.3 is 0 Å². The van der Waals surface area contributed by atoms with Gasteiger partial charge < -0.3 is 14.2 Å². The number of rotatable bonds is 4. The van der Waals surface area contributed by atoms with Crippen molar-refractivity contribution in [3.63, 3.8) is 0 Å². The molecule has 0 amide bonds. The second kappa shape index (κ2) is 10.5. The minimum absolute atomic E-state index is 0.431. The van der Waals surface area contributed by atoms with Crippen molar-refractivity contribution in [2.75, 3.05) is 0 Å². The number of benzene rings is 6. The Hall–Kier alpha value is -6.53. The molecule has 0 spiro atoms. The lowest BCUT2D eigenvalue weighted by atomic mass is 9.98. The molecule has 0 radical (unpaired) electrons. The summed E-state index contributed by atoms with van der Waals surface area (Å²) in [5.74, 6) is 1.32. The van der Waals surface area contributed by atoms with E-state index in [2.05, 4.69) is 83.1 Å². The Balaban J connectivity index is 1.17. The van der Waals surface area contributed by atoms with E-state index in [1.165, 1.54) is 10.8 Å². The van der Waals surface area contributed by atoms with Crippen molar-refractivity contribution in [3.05, 3.63) is 163 Å². The molecule has 6 heteroatoms. The monoisotopic (exact) mass is 618 g/mol. The predicted molar refractivity (Wildman–Crippen MR) is 194 cm³/mol. The SMILES string of the molecule is c1ccc(C2=NC(c3cccc4oc5ccccc5c34)NC(c3cncc4oc5c(-c6ccc7ccccc7c6)cccc5c34)=N2)cc1. The summed E-state index contributed by atoms with van der Waals surface area (Å²) >= 11 is 0. The van der Waals surface area contributed by atoms with Crippen molar-refractivity contribution in [3.8, 4) is 11.1 Å². The van der Waals surface area contributed by atoms with Crippen LogP contribution in [0.15, 0.2) is 165 Å². The number of aliphatic imine (C=N–C) groups is 2. The molecule has 1 N–H and O–H groups in total. The molecule has 6 nitrogen and oxygen atoms in total. The Morgan fingerprint density at radius 3 is 2.27 bits per heavy atom. The smallest absolute Gasteiger partial charge is 0.159 e. The van der Waals surface area contributed by atoms with E-state index in [1.807, 2.05) is 66.9 Å². The van der Waals surface area contributed by atoms with Gasteiger partial charge in [0.2, 0.25) is 0 Å². The molecular formula is C42H26N4O2. The highest BCUT2D eigenvalue weighted by atomic mass is 16.3. The fourth-order valence-corrected chi connectivity index (χ4v) is 7.01. The maximum absolute atomic E-state index is 6.61. The quantitative estimate of drug-likeness (QED) is 0.213. The summed E-state index contributed by atoms with van der Waals surface area (Å²) in [7, 11) is 0. The second-order valence-corrected chi connectivity index (χ2v) is 12.1. The lowest BCUT2D eigenvalue weighted by molar-refractivity contribution is 0.662. The van der Waals surface area contributed by atoms with Crippen molar-refractivity contribution in [2.45, 2.75) is 6.17 Å². The molecule has 0 fully saturated rings. The first kappa shape index (κ1) is 26.7. The third kappa shape index (κ3) is 4.16. The summed E-state index contributed by atoms with van der Waals surface area (Å²) in [6.07, 6.45) is 3.22. The van der Waals surface area contributed by atoms with Gasteiger partial charge in [0.25, 0.3) is 0 Å². The summed E-state index contributed by atoms with van der Waals surface area (Å²) in [5, 5.41) is 10.1. The number of fused-ring (bicyclic) bond motifs is 7. The fraction of sp³-hybridized carbons (Fsp3) is 0.0238. The zero-order valence-electron chi connectivity index (χ0n) is 25.6. The van der Waals surface area contributed by atoms with Gasteiger partial charge in [-0.15, -0.1) is 0 Å². The van der Waals surface area contributed by atoms with E-state index in [4.69, 9.17) is 18.8 Å². The maximum Gasteiger partial charge on any atom is 0.159 e. The molecule has 0 bridgehead atoms. The number of pyridine rings is 1. The summed E-state index contributed by atoms with van der Waals surface area (Å²) in [6, 6.07) is 45.6. The normalized spacial score (nSPS) is 14.9. The number of amidine groups is 2. The van der Waals surface area contributed by atoms with Crippen LogP contribution in [0.2, 0.25) is 0 Å².